The maximum Gasteiger partial charge on any atom is 0.341 e. The Bertz CT molecular complexity index is 743. The molecular formula is C20H22FNO4. The van der Waals surface area contributed by atoms with Gasteiger partial charge in [-0.05, 0) is 48.2 Å². The summed E-state index contributed by atoms with van der Waals surface area (Å²) < 4.78 is 18.1. The van der Waals surface area contributed by atoms with E-state index in [-0.39, 0.29) is 23.7 Å². The molecule has 0 aliphatic heterocycles. The normalized spacial score (nSPS) is 12.9. The molecule has 0 aliphatic rings. The Labute approximate surface area is 151 Å². The summed E-state index contributed by atoms with van der Waals surface area (Å²) >= 11 is 0. The van der Waals surface area contributed by atoms with Crippen molar-refractivity contribution in [3.8, 4) is 5.75 Å². The smallest absolute Gasteiger partial charge is 0.341 e. The Hall–Kier alpha value is -2.89. The van der Waals surface area contributed by atoms with Crippen LogP contribution < -0.4 is 10.1 Å². The second kappa shape index (κ2) is 8.99. The van der Waals surface area contributed by atoms with Gasteiger partial charge in [-0.15, -0.1) is 0 Å². The van der Waals surface area contributed by atoms with Gasteiger partial charge in [-0.25, -0.2) is 9.18 Å². The molecule has 26 heavy (non-hydrogen) atoms. The number of benzene rings is 2. The fourth-order valence-electron chi connectivity index (χ4n) is 2.57. The van der Waals surface area contributed by atoms with Crippen LogP contribution in [-0.4, -0.2) is 23.6 Å². The molecule has 0 aromatic heterocycles. The highest BCUT2D eigenvalue weighted by molar-refractivity contribution is 5.77. The molecule has 6 heteroatoms. The maximum absolute atomic E-state index is 13.0. The molecule has 0 radical (unpaired) electrons. The Morgan fingerprint density at radius 2 is 1.62 bits per heavy atom. The topological polar surface area (TPSA) is 75.6 Å². The van der Waals surface area contributed by atoms with Gasteiger partial charge in [0, 0.05) is 6.42 Å². The van der Waals surface area contributed by atoms with E-state index in [1.165, 1.54) is 12.1 Å². The monoisotopic (exact) mass is 359 g/mol. The van der Waals surface area contributed by atoms with Crippen molar-refractivity contribution in [1.29, 1.82) is 0 Å². The molecule has 0 saturated carbocycles. The zero-order valence-electron chi connectivity index (χ0n) is 14.7. The molecule has 5 nitrogen and oxygen atoms in total. The molecule has 2 atom stereocenters. The van der Waals surface area contributed by atoms with Crippen molar-refractivity contribution < 1.29 is 23.8 Å². The SMILES string of the molecule is CC(CC(=O)NC(C)c1ccc(OCC(=O)O)cc1)c1ccc(F)cc1. The number of carboxylic acid groups (broad SMARTS) is 1. The molecule has 0 bridgehead atoms. The summed E-state index contributed by atoms with van der Waals surface area (Å²) in [4.78, 5) is 22.7. The van der Waals surface area contributed by atoms with Crippen molar-refractivity contribution in [2.45, 2.75) is 32.2 Å². The van der Waals surface area contributed by atoms with Gasteiger partial charge in [0.15, 0.2) is 6.61 Å². The Balaban J connectivity index is 1.87. The zero-order valence-corrected chi connectivity index (χ0v) is 14.7. The first-order chi connectivity index (χ1) is 12.3. The van der Waals surface area contributed by atoms with Crippen LogP contribution in [0.1, 0.15) is 43.4 Å². The van der Waals surface area contributed by atoms with E-state index >= 15 is 0 Å². The first-order valence-electron chi connectivity index (χ1n) is 8.34. The van der Waals surface area contributed by atoms with Gasteiger partial charge >= 0.3 is 5.97 Å². The van der Waals surface area contributed by atoms with E-state index in [9.17, 15) is 14.0 Å². The number of carbonyl (C=O) groups excluding carboxylic acids is 1. The first kappa shape index (κ1) is 19.4. The van der Waals surface area contributed by atoms with Crippen LogP contribution in [0.2, 0.25) is 0 Å². The minimum absolute atomic E-state index is 0.0189. The lowest BCUT2D eigenvalue weighted by Gasteiger charge is -2.17. The number of carbonyl (C=O) groups is 2. The quantitative estimate of drug-likeness (QED) is 0.754. The summed E-state index contributed by atoms with van der Waals surface area (Å²) in [5, 5.41) is 11.5. The van der Waals surface area contributed by atoms with E-state index in [1.54, 1.807) is 36.4 Å². The van der Waals surface area contributed by atoms with E-state index < -0.39 is 12.6 Å². The van der Waals surface area contributed by atoms with Crippen LogP contribution >= 0.6 is 0 Å². The van der Waals surface area contributed by atoms with Gasteiger partial charge < -0.3 is 15.2 Å². The van der Waals surface area contributed by atoms with Crippen LogP contribution in [-0.2, 0) is 9.59 Å². The third-order valence-electron chi connectivity index (χ3n) is 4.05. The molecule has 2 aromatic rings. The number of aliphatic carboxylic acids is 1. The van der Waals surface area contributed by atoms with Gasteiger partial charge in [-0.3, -0.25) is 4.79 Å². The Kier molecular flexibility index (Phi) is 6.72. The molecule has 2 rings (SSSR count). The second-order valence-corrected chi connectivity index (χ2v) is 6.20. The van der Waals surface area contributed by atoms with Gasteiger partial charge in [-0.1, -0.05) is 31.2 Å². The molecule has 0 saturated heterocycles. The predicted octanol–water partition coefficient (Wildman–Crippen LogP) is 3.66. The molecular weight excluding hydrogens is 337 g/mol. The lowest BCUT2D eigenvalue weighted by molar-refractivity contribution is -0.139. The van der Waals surface area contributed by atoms with Gasteiger partial charge in [0.25, 0.3) is 0 Å². The highest BCUT2D eigenvalue weighted by Crippen LogP contribution is 2.21. The number of carboxylic acids is 1. The summed E-state index contributed by atoms with van der Waals surface area (Å²) in [7, 11) is 0. The van der Waals surface area contributed by atoms with Crippen molar-refractivity contribution in [2.24, 2.45) is 0 Å². The predicted molar refractivity (Wildman–Crippen MR) is 95.6 cm³/mol. The average molecular weight is 359 g/mol. The highest BCUT2D eigenvalue weighted by atomic mass is 19.1. The molecule has 0 spiro atoms. The number of ether oxygens (including phenoxy) is 1. The van der Waals surface area contributed by atoms with Crippen molar-refractivity contribution in [2.75, 3.05) is 6.61 Å². The van der Waals surface area contributed by atoms with E-state index in [0.29, 0.717) is 12.2 Å². The van der Waals surface area contributed by atoms with Gasteiger partial charge in [0.05, 0.1) is 6.04 Å². The van der Waals surface area contributed by atoms with E-state index in [0.717, 1.165) is 11.1 Å². The lowest BCUT2D eigenvalue weighted by atomic mass is 9.97. The molecule has 0 aliphatic carbocycles. The lowest BCUT2D eigenvalue weighted by Crippen LogP contribution is -2.27. The Morgan fingerprint density at radius 3 is 2.19 bits per heavy atom. The number of halogens is 1. The Morgan fingerprint density at radius 1 is 1.04 bits per heavy atom. The van der Waals surface area contributed by atoms with E-state index in [4.69, 9.17) is 9.84 Å². The van der Waals surface area contributed by atoms with Crippen LogP contribution in [0.5, 0.6) is 5.75 Å². The zero-order chi connectivity index (χ0) is 19.1. The first-order valence-corrected chi connectivity index (χ1v) is 8.34. The minimum Gasteiger partial charge on any atom is -0.482 e. The van der Waals surface area contributed by atoms with Gasteiger partial charge in [0.1, 0.15) is 11.6 Å². The molecule has 2 aromatic carbocycles. The van der Waals surface area contributed by atoms with Crippen molar-refractivity contribution in [3.05, 3.63) is 65.5 Å². The van der Waals surface area contributed by atoms with Crippen LogP contribution in [0.25, 0.3) is 0 Å². The van der Waals surface area contributed by atoms with Gasteiger partial charge in [-0.2, -0.15) is 0 Å². The number of hydrogen-bond donors (Lipinski definition) is 2. The summed E-state index contributed by atoms with van der Waals surface area (Å²) in [6.07, 6.45) is 0.301. The average Bonchev–Trinajstić information content (AvgIpc) is 2.60. The summed E-state index contributed by atoms with van der Waals surface area (Å²) in [6, 6.07) is 12.9. The molecule has 2 N–H and O–H groups in total. The molecule has 138 valence electrons. The largest absolute Gasteiger partial charge is 0.482 e. The van der Waals surface area contributed by atoms with Crippen LogP contribution in [0.3, 0.4) is 0 Å². The number of nitrogens with one attached hydrogen (secondary N) is 1. The molecule has 0 fully saturated rings. The summed E-state index contributed by atoms with van der Waals surface area (Å²) in [5.41, 5.74) is 1.80. The molecule has 1 amide bonds. The summed E-state index contributed by atoms with van der Waals surface area (Å²) in [6.45, 7) is 3.40. The van der Waals surface area contributed by atoms with E-state index in [2.05, 4.69) is 5.32 Å². The van der Waals surface area contributed by atoms with Crippen molar-refractivity contribution in [3.63, 3.8) is 0 Å². The summed E-state index contributed by atoms with van der Waals surface area (Å²) in [5.74, 6) is -0.991. The minimum atomic E-state index is -1.04. The standard InChI is InChI=1S/C20H22FNO4/c1-13(15-3-7-17(21)8-4-15)11-19(23)22-14(2)16-5-9-18(10-6-16)26-12-20(24)25/h3-10,13-14H,11-12H2,1-2H3,(H,22,23)(H,24,25). The van der Waals surface area contributed by atoms with Crippen molar-refractivity contribution >= 4 is 11.9 Å². The second-order valence-electron chi connectivity index (χ2n) is 6.20. The molecule has 2 unspecified atom stereocenters. The molecule has 0 heterocycles. The third-order valence-corrected chi connectivity index (χ3v) is 4.05. The third kappa shape index (κ3) is 5.88. The van der Waals surface area contributed by atoms with Crippen molar-refractivity contribution in [1.82, 2.24) is 5.32 Å². The van der Waals surface area contributed by atoms with Crippen LogP contribution in [0, 0.1) is 5.82 Å². The highest BCUT2D eigenvalue weighted by Gasteiger charge is 2.14. The number of rotatable bonds is 8. The fraction of sp³-hybridized carbons (Fsp3) is 0.300. The van der Waals surface area contributed by atoms with Crippen LogP contribution in [0.4, 0.5) is 4.39 Å². The van der Waals surface area contributed by atoms with E-state index in [1.807, 2.05) is 13.8 Å². The number of hydrogen-bond acceptors (Lipinski definition) is 3. The maximum atomic E-state index is 13.0. The van der Waals surface area contributed by atoms with Crippen LogP contribution in [0.15, 0.2) is 48.5 Å². The number of amides is 1. The fourth-order valence-corrected chi connectivity index (χ4v) is 2.57. The van der Waals surface area contributed by atoms with Gasteiger partial charge in [0.2, 0.25) is 5.91 Å².